The average Bonchev–Trinajstić information content (AvgIpc) is 2.72. The molecule has 0 heterocycles. The van der Waals surface area contributed by atoms with E-state index in [4.69, 9.17) is 5.26 Å². The lowest BCUT2D eigenvalue weighted by Crippen LogP contribution is -2.27. The highest BCUT2D eigenvalue weighted by Crippen LogP contribution is 2.36. The summed E-state index contributed by atoms with van der Waals surface area (Å²) in [7, 11) is 0. The van der Waals surface area contributed by atoms with Crippen LogP contribution in [0.3, 0.4) is 0 Å². The first-order valence-corrected chi connectivity index (χ1v) is 9.88. The molecule has 4 rings (SSSR count). The molecule has 0 aromatic heterocycles. The van der Waals surface area contributed by atoms with Crippen LogP contribution in [0, 0.1) is 17.2 Å². The molecule has 0 saturated heterocycles. The molecule has 0 radical (unpaired) electrons. The fraction of sp³-hybridized carbons (Fsp3) is 0.320. The van der Waals surface area contributed by atoms with Crippen LogP contribution in [0.2, 0.25) is 0 Å². The molecule has 3 aromatic rings. The van der Waals surface area contributed by atoms with Gasteiger partial charge in [-0.3, -0.25) is 0 Å². The van der Waals surface area contributed by atoms with Crippen LogP contribution in [-0.4, -0.2) is 6.17 Å². The maximum atomic E-state index is 14.8. The third-order valence-electron chi connectivity index (χ3n) is 5.90. The number of hydrogen-bond donors (Lipinski definition) is 0. The van der Waals surface area contributed by atoms with Gasteiger partial charge >= 0.3 is 0 Å². The van der Waals surface area contributed by atoms with Crippen LogP contribution in [0.4, 0.5) is 4.39 Å². The Morgan fingerprint density at radius 2 is 1.78 bits per heavy atom. The Kier molecular flexibility index (Phi) is 4.94. The van der Waals surface area contributed by atoms with Gasteiger partial charge in [-0.05, 0) is 70.0 Å². The number of halogens is 1. The molecular formula is C25H24FN. The smallest absolute Gasteiger partial charge is 0.107 e. The molecule has 0 unspecified atom stereocenters. The summed E-state index contributed by atoms with van der Waals surface area (Å²) in [5.74, 6) is 0.174. The molecule has 0 amide bonds. The second-order valence-electron chi connectivity index (χ2n) is 7.65. The van der Waals surface area contributed by atoms with Crippen LogP contribution in [0.15, 0.2) is 54.6 Å². The third-order valence-corrected chi connectivity index (χ3v) is 5.90. The maximum Gasteiger partial charge on any atom is 0.107 e. The van der Waals surface area contributed by atoms with Gasteiger partial charge in [-0.2, -0.15) is 5.26 Å². The SMILES string of the molecule is CCCC[C@@H]1Cc2ccc3cc(-c4ccc(C#N)cc4)ccc3c2C[C@H]1F. The first-order valence-electron chi connectivity index (χ1n) is 9.88. The molecule has 2 heteroatoms. The molecule has 0 spiro atoms. The molecule has 0 fully saturated rings. The van der Waals surface area contributed by atoms with Crippen molar-refractivity contribution < 1.29 is 4.39 Å². The van der Waals surface area contributed by atoms with E-state index in [0.29, 0.717) is 12.0 Å². The molecule has 1 nitrogen and oxygen atoms in total. The van der Waals surface area contributed by atoms with Crippen LogP contribution in [0.5, 0.6) is 0 Å². The fourth-order valence-corrected chi connectivity index (χ4v) is 4.31. The van der Waals surface area contributed by atoms with Crippen molar-refractivity contribution in [2.75, 3.05) is 0 Å². The van der Waals surface area contributed by atoms with Crippen LogP contribution in [0.25, 0.3) is 21.9 Å². The number of alkyl halides is 1. The lowest BCUT2D eigenvalue weighted by Gasteiger charge is -2.29. The molecule has 136 valence electrons. The predicted octanol–water partition coefficient (Wildman–Crippen LogP) is 6.62. The number of nitriles is 1. The van der Waals surface area contributed by atoms with Gasteiger partial charge in [0.1, 0.15) is 6.17 Å². The van der Waals surface area contributed by atoms with E-state index in [-0.39, 0.29) is 5.92 Å². The van der Waals surface area contributed by atoms with Crippen LogP contribution in [-0.2, 0) is 12.8 Å². The summed E-state index contributed by atoms with van der Waals surface area (Å²) in [4.78, 5) is 0. The van der Waals surface area contributed by atoms with E-state index < -0.39 is 6.17 Å². The number of rotatable bonds is 4. The maximum absolute atomic E-state index is 14.8. The Hall–Kier alpha value is -2.66. The normalized spacial score (nSPS) is 18.9. The van der Waals surface area contributed by atoms with Crippen molar-refractivity contribution in [3.8, 4) is 17.2 Å². The van der Waals surface area contributed by atoms with E-state index in [0.717, 1.165) is 42.2 Å². The summed E-state index contributed by atoms with van der Waals surface area (Å²) in [6, 6.07) is 20.6. The zero-order valence-corrected chi connectivity index (χ0v) is 15.7. The molecule has 27 heavy (non-hydrogen) atoms. The van der Waals surface area contributed by atoms with E-state index in [9.17, 15) is 4.39 Å². The number of hydrogen-bond acceptors (Lipinski definition) is 1. The van der Waals surface area contributed by atoms with Crippen molar-refractivity contribution >= 4 is 10.8 Å². The van der Waals surface area contributed by atoms with E-state index in [2.05, 4.69) is 43.3 Å². The number of nitrogens with zero attached hydrogens (tertiary/aromatic N) is 1. The topological polar surface area (TPSA) is 23.8 Å². The number of benzene rings is 3. The molecule has 0 aliphatic heterocycles. The Morgan fingerprint density at radius 3 is 2.52 bits per heavy atom. The first kappa shape index (κ1) is 17.7. The number of unbranched alkanes of at least 4 members (excludes halogenated alkanes) is 1. The highest BCUT2D eigenvalue weighted by Gasteiger charge is 2.28. The van der Waals surface area contributed by atoms with Gasteiger partial charge in [0.15, 0.2) is 0 Å². The molecule has 3 aromatic carbocycles. The van der Waals surface area contributed by atoms with E-state index in [1.165, 1.54) is 16.5 Å². The number of fused-ring (bicyclic) bond motifs is 3. The second kappa shape index (κ2) is 7.53. The minimum absolute atomic E-state index is 0.174. The van der Waals surface area contributed by atoms with Crippen molar-refractivity contribution in [3.63, 3.8) is 0 Å². The summed E-state index contributed by atoms with van der Waals surface area (Å²) in [6.07, 6.45) is 3.91. The Bertz CT molecular complexity index is 997. The van der Waals surface area contributed by atoms with Crippen LogP contribution in [0.1, 0.15) is 42.9 Å². The van der Waals surface area contributed by atoms with Gasteiger partial charge in [-0.25, -0.2) is 4.39 Å². The van der Waals surface area contributed by atoms with Crippen molar-refractivity contribution in [1.82, 2.24) is 0 Å². The monoisotopic (exact) mass is 357 g/mol. The lowest BCUT2D eigenvalue weighted by atomic mass is 9.78. The van der Waals surface area contributed by atoms with Crippen molar-refractivity contribution in [2.24, 2.45) is 5.92 Å². The minimum atomic E-state index is -0.729. The largest absolute Gasteiger partial charge is 0.247 e. The van der Waals surface area contributed by atoms with Crippen LogP contribution < -0.4 is 0 Å². The lowest BCUT2D eigenvalue weighted by molar-refractivity contribution is 0.200. The first-order chi connectivity index (χ1) is 13.2. The van der Waals surface area contributed by atoms with Gasteiger partial charge in [0.25, 0.3) is 0 Å². The van der Waals surface area contributed by atoms with E-state index in [1.54, 1.807) is 0 Å². The Morgan fingerprint density at radius 1 is 1.00 bits per heavy atom. The van der Waals surface area contributed by atoms with E-state index in [1.807, 2.05) is 24.3 Å². The molecule has 2 atom stereocenters. The van der Waals surface area contributed by atoms with Crippen molar-refractivity contribution in [1.29, 1.82) is 5.26 Å². The Balaban J connectivity index is 1.68. The zero-order valence-electron chi connectivity index (χ0n) is 15.7. The molecule has 1 aliphatic rings. The second-order valence-corrected chi connectivity index (χ2v) is 7.65. The average molecular weight is 357 g/mol. The van der Waals surface area contributed by atoms with Crippen molar-refractivity contribution in [3.05, 3.63) is 71.3 Å². The van der Waals surface area contributed by atoms with Crippen molar-refractivity contribution in [2.45, 2.75) is 45.2 Å². The van der Waals surface area contributed by atoms with Gasteiger partial charge in [0, 0.05) is 6.42 Å². The standard InChI is InChI=1S/C25H24FN/c1-2-3-4-22-14-21-10-9-20-13-19(18-7-5-17(16-27)6-8-18)11-12-23(20)24(21)15-25(22)26/h5-13,22,25H,2-4,14-15H2,1H3/t22-,25-/m1/s1. The zero-order chi connectivity index (χ0) is 18.8. The summed E-state index contributed by atoms with van der Waals surface area (Å²) >= 11 is 0. The summed E-state index contributed by atoms with van der Waals surface area (Å²) in [6.45, 7) is 2.17. The predicted molar refractivity (Wildman–Crippen MR) is 109 cm³/mol. The Labute approximate surface area is 160 Å². The molecular weight excluding hydrogens is 333 g/mol. The van der Waals surface area contributed by atoms with E-state index >= 15 is 0 Å². The van der Waals surface area contributed by atoms with Gasteiger partial charge in [0.05, 0.1) is 11.6 Å². The molecule has 0 saturated carbocycles. The molecule has 0 bridgehead atoms. The third kappa shape index (κ3) is 3.47. The fourth-order valence-electron chi connectivity index (χ4n) is 4.31. The van der Waals surface area contributed by atoms with Gasteiger partial charge < -0.3 is 0 Å². The minimum Gasteiger partial charge on any atom is -0.247 e. The highest BCUT2D eigenvalue weighted by molar-refractivity contribution is 5.91. The highest BCUT2D eigenvalue weighted by atomic mass is 19.1. The summed E-state index contributed by atoms with van der Waals surface area (Å²) in [5, 5.41) is 11.3. The molecule has 0 N–H and O–H groups in total. The summed E-state index contributed by atoms with van der Waals surface area (Å²) < 4.78 is 14.8. The molecule has 1 aliphatic carbocycles. The quantitative estimate of drug-likeness (QED) is 0.514. The van der Waals surface area contributed by atoms with Crippen LogP contribution >= 0.6 is 0 Å². The van der Waals surface area contributed by atoms with Gasteiger partial charge in [0.2, 0.25) is 0 Å². The van der Waals surface area contributed by atoms with Gasteiger partial charge in [-0.1, -0.05) is 56.2 Å². The summed E-state index contributed by atoms with van der Waals surface area (Å²) in [5.41, 5.74) is 5.40. The van der Waals surface area contributed by atoms with Gasteiger partial charge in [-0.15, -0.1) is 0 Å².